The van der Waals surface area contributed by atoms with Gasteiger partial charge in [0.25, 0.3) is 0 Å². The van der Waals surface area contributed by atoms with E-state index < -0.39 is 0 Å². The number of anilines is 1. The molecular formula is C26H24N2. The van der Waals surface area contributed by atoms with Crippen LogP contribution in [0.2, 0.25) is 0 Å². The van der Waals surface area contributed by atoms with Crippen LogP contribution in [0.5, 0.6) is 0 Å². The van der Waals surface area contributed by atoms with E-state index in [1.807, 2.05) is 6.21 Å². The highest BCUT2D eigenvalue weighted by molar-refractivity contribution is 5.82. The highest BCUT2D eigenvalue weighted by atomic mass is 15.2. The maximum absolute atomic E-state index is 4.74. The van der Waals surface area contributed by atoms with Gasteiger partial charge in [-0.2, -0.15) is 0 Å². The van der Waals surface area contributed by atoms with Crippen molar-refractivity contribution >= 4 is 17.6 Å². The van der Waals surface area contributed by atoms with Crippen LogP contribution in [0.25, 0.3) is 11.1 Å². The van der Waals surface area contributed by atoms with E-state index in [0.717, 1.165) is 12.1 Å². The molecule has 0 aromatic heterocycles. The Morgan fingerprint density at radius 2 is 1.64 bits per heavy atom. The number of aliphatic imine (C=N–C) groups is 1. The molecule has 0 saturated heterocycles. The lowest BCUT2D eigenvalue weighted by Gasteiger charge is -2.23. The van der Waals surface area contributed by atoms with E-state index in [1.54, 1.807) is 0 Å². The van der Waals surface area contributed by atoms with Gasteiger partial charge in [-0.1, -0.05) is 62.4 Å². The van der Waals surface area contributed by atoms with Gasteiger partial charge in [0.1, 0.15) is 0 Å². The SMILES string of the molecule is CN1C(=CC=Nc2ccc3c(c2)Cc2ccccc2-3)C(C)(C)c2ccccc21. The third-order valence-electron chi connectivity index (χ3n) is 6.17. The van der Waals surface area contributed by atoms with Crippen molar-refractivity contribution in [1.82, 2.24) is 0 Å². The predicted molar refractivity (Wildman–Crippen MR) is 119 cm³/mol. The molecule has 2 heteroatoms. The Bertz CT molecular complexity index is 1130. The molecule has 2 aliphatic rings. The van der Waals surface area contributed by atoms with Gasteiger partial charge in [-0.3, -0.25) is 4.99 Å². The first-order valence-electron chi connectivity index (χ1n) is 9.85. The van der Waals surface area contributed by atoms with Crippen LogP contribution >= 0.6 is 0 Å². The highest BCUT2D eigenvalue weighted by Crippen LogP contribution is 2.46. The summed E-state index contributed by atoms with van der Waals surface area (Å²) in [5.41, 5.74) is 10.4. The molecule has 28 heavy (non-hydrogen) atoms. The van der Waals surface area contributed by atoms with E-state index in [9.17, 15) is 0 Å². The van der Waals surface area contributed by atoms with Crippen LogP contribution in [0.3, 0.4) is 0 Å². The number of hydrogen-bond acceptors (Lipinski definition) is 2. The molecule has 138 valence electrons. The van der Waals surface area contributed by atoms with Crippen LogP contribution < -0.4 is 4.90 Å². The second-order valence-electron chi connectivity index (χ2n) is 8.21. The van der Waals surface area contributed by atoms with Crippen molar-refractivity contribution in [3.63, 3.8) is 0 Å². The van der Waals surface area contributed by atoms with Crippen LogP contribution in [-0.4, -0.2) is 13.3 Å². The fraction of sp³-hybridized carbons (Fsp3) is 0.192. The Morgan fingerprint density at radius 1 is 0.893 bits per heavy atom. The molecule has 1 aliphatic heterocycles. The smallest absolute Gasteiger partial charge is 0.0632 e. The number of nitrogens with zero attached hydrogens (tertiary/aromatic N) is 2. The van der Waals surface area contributed by atoms with Crippen LogP contribution in [0.15, 0.2) is 83.5 Å². The molecule has 3 aromatic rings. The van der Waals surface area contributed by atoms with Crippen LogP contribution in [-0.2, 0) is 11.8 Å². The zero-order valence-corrected chi connectivity index (χ0v) is 16.6. The summed E-state index contributed by atoms with van der Waals surface area (Å²) in [7, 11) is 2.14. The van der Waals surface area contributed by atoms with Gasteiger partial charge in [0.2, 0.25) is 0 Å². The van der Waals surface area contributed by atoms with E-state index in [-0.39, 0.29) is 5.41 Å². The average Bonchev–Trinajstić information content (AvgIpc) is 3.16. The lowest BCUT2D eigenvalue weighted by atomic mass is 9.84. The third kappa shape index (κ3) is 2.52. The van der Waals surface area contributed by atoms with Crippen LogP contribution in [0.1, 0.15) is 30.5 Å². The molecule has 5 rings (SSSR count). The molecule has 2 nitrogen and oxygen atoms in total. The van der Waals surface area contributed by atoms with Gasteiger partial charge in [-0.25, -0.2) is 0 Å². The molecule has 3 aromatic carbocycles. The van der Waals surface area contributed by atoms with E-state index in [2.05, 4.69) is 98.6 Å². The van der Waals surface area contributed by atoms with Gasteiger partial charge in [0.15, 0.2) is 0 Å². The van der Waals surface area contributed by atoms with Gasteiger partial charge >= 0.3 is 0 Å². The maximum Gasteiger partial charge on any atom is 0.0632 e. The van der Waals surface area contributed by atoms with Gasteiger partial charge in [-0.05, 0) is 58.5 Å². The summed E-state index contributed by atoms with van der Waals surface area (Å²) in [6, 6.07) is 23.9. The minimum Gasteiger partial charge on any atom is -0.347 e. The molecule has 0 radical (unpaired) electrons. The molecule has 1 heterocycles. The summed E-state index contributed by atoms with van der Waals surface area (Å²) < 4.78 is 0. The summed E-state index contributed by atoms with van der Waals surface area (Å²) in [6.07, 6.45) is 5.10. The molecule has 0 spiro atoms. The summed E-state index contributed by atoms with van der Waals surface area (Å²) in [4.78, 5) is 7.02. The Kier molecular flexibility index (Phi) is 3.77. The van der Waals surface area contributed by atoms with Crippen LogP contribution in [0, 0.1) is 0 Å². The predicted octanol–water partition coefficient (Wildman–Crippen LogP) is 6.27. The molecule has 0 amide bonds. The average molecular weight is 364 g/mol. The zero-order valence-electron chi connectivity index (χ0n) is 16.6. The van der Waals surface area contributed by atoms with E-state index in [0.29, 0.717) is 0 Å². The summed E-state index contributed by atoms with van der Waals surface area (Å²) >= 11 is 0. The number of fused-ring (bicyclic) bond motifs is 4. The molecule has 0 atom stereocenters. The number of rotatable bonds is 2. The molecule has 1 aliphatic carbocycles. The van der Waals surface area contributed by atoms with Gasteiger partial charge in [-0.15, -0.1) is 0 Å². The first-order chi connectivity index (χ1) is 13.6. The molecule has 0 bridgehead atoms. The zero-order chi connectivity index (χ0) is 19.3. The van der Waals surface area contributed by atoms with Crippen molar-refractivity contribution in [1.29, 1.82) is 0 Å². The number of likely N-dealkylation sites (N-methyl/N-ethyl adjacent to an activating group) is 1. The number of hydrogen-bond donors (Lipinski definition) is 0. The van der Waals surface area contributed by atoms with E-state index in [4.69, 9.17) is 4.99 Å². The third-order valence-corrected chi connectivity index (χ3v) is 6.17. The Balaban J connectivity index is 1.43. The Labute approximate surface area is 166 Å². The van der Waals surface area contributed by atoms with E-state index >= 15 is 0 Å². The van der Waals surface area contributed by atoms with E-state index in [1.165, 1.54) is 39.2 Å². The lowest BCUT2D eigenvalue weighted by molar-refractivity contribution is 0.641. The second-order valence-corrected chi connectivity index (χ2v) is 8.21. The fourth-order valence-corrected chi connectivity index (χ4v) is 4.71. The number of benzene rings is 3. The van der Waals surface area contributed by atoms with Crippen LogP contribution in [0.4, 0.5) is 11.4 Å². The molecule has 0 fully saturated rings. The van der Waals surface area contributed by atoms with Gasteiger partial charge in [0, 0.05) is 30.1 Å². The second kappa shape index (κ2) is 6.20. The van der Waals surface area contributed by atoms with Crippen molar-refractivity contribution in [2.24, 2.45) is 4.99 Å². The van der Waals surface area contributed by atoms with Crippen molar-refractivity contribution in [3.05, 3.63) is 95.2 Å². The molecule has 0 N–H and O–H groups in total. The lowest BCUT2D eigenvalue weighted by Crippen LogP contribution is -2.22. The minimum atomic E-state index is -0.0169. The van der Waals surface area contributed by atoms with Crippen molar-refractivity contribution in [3.8, 4) is 11.1 Å². The van der Waals surface area contributed by atoms with Crippen molar-refractivity contribution in [2.45, 2.75) is 25.7 Å². The quantitative estimate of drug-likeness (QED) is 0.383. The first kappa shape index (κ1) is 17.0. The maximum atomic E-state index is 4.74. The Morgan fingerprint density at radius 3 is 2.50 bits per heavy atom. The molecule has 0 saturated carbocycles. The highest BCUT2D eigenvalue weighted by Gasteiger charge is 2.37. The topological polar surface area (TPSA) is 15.6 Å². The standard InChI is InChI=1S/C26H24N2/c1-26(2)23-10-6-7-11-24(23)28(3)25(26)14-15-27-20-12-13-22-19(17-20)16-18-8-4-5-9-21(18)22/h4-15,17H,16H2,1-3H3. The largest absolute Gasteiger partial charge is 0.347 e. The molecule has 0 unspecified atom stereocenters. The van der Waals surface area contributed by atoms with Gasteiger partial charge in [0.05, 0.1) is 5.69 Å². The van der Waals surface area contributed by atoms with Crippen molar-refractivity contribution in [2.75, 3.05) is 11.9 Å². The number of para-hydroxylation sites is 1. The van der Waals surface area contributed by atoms with Gasteiger partial charge < -0.3 is 4.90 Å². The summed E-state index contributed by atoms with van der Waals surface area (Å²) in [5.74, 6) is 0. The molecular weight excluding hydrogens is 340 g/mol. The number of allylic oxidation sites excluding steroid dienone is 2. The minimum absolute atomic E-state index is 0.0169. The monoisotopic (exact) mass is 364 g/mol. The summed E-state index contributed by atoms with van der Waals surface area (Å²) in [6.45, 7) is 4.56. The Hall–Kier alpha value is -3.13. The normalized spacial score (nSPS) is 17.8. The summed E-state index contributed by atoms with van der Waals surface area (Å²) in [5, 5.41) is 0. The van der Waals surface area contributed by atoms with Crippen molar-refractivity contribution < 1.29 is 0 Å². The fourth-order valence-electron chi connectivity index (χ4n) is 4.71. The first-order valence-corrected chi connectivity index (χ1v) is 9.85.